The molecule has 0 spiro atoms. The van der Waals surface area contributed by atoms with E-state index in [1.807, 2.05) is 102 Å². The first kappa shape index (κ1) is 68.3. The van der Waals surface area contributed by atoms with E-state index in [1.54, 1.807) is 46.1 Å². The van der Waals surface area contributed by atoms with Crippen molar-refractivity contribution in [1.29, 1.82) is 0 Å². The largest absolute Gasteiger partial charge is 0.394 e. The summed E-state index contributed by atoms with van der Waals surface area (Å²) in [6.07, 6.45) is 0. The number of fused-ring (bicyclic) bond motifs is 9. The lowest BCUT2D eigenvalue weighted by atomic mass is 10.00. The highest BCUT2D eigenvalue weighted by atomic mass is 35.7. The number of aryl methyl sites for hydroxylation is 6. The molecule has 0 saturated heterocycles. The van der Waals surface area contributed by atoms with Gasteiger partial charge in [-0.3, -0.25) is 37.0 Å². The number of aliphatic hydroxyl groups excluding tert-OH is 1. The lowest BCUT2D eigenvalue weighted by molar-refractivity contribution is 0.263. The molecule has 9 heterocycles. The monoisotopic (exact) mass is 1420 g/mol. The van der Waals surface area contributed by atoms with Crippen molar-refractivity contribution in [1.82, 2.24) is 48.6 Å². The standard InChI is InChI=1S/C20H22ClN5O3S2.C18H18ClN5O3S2.C18H17ClN4OS.ClH2NO2S/c1-11-12(2)30-20-17(11)18(14-6-8-15(21)9-7-14)22-16(10-29-31(27,28)25(4)5)19-24-23-13(3)26(19)20;1-9-10(2)28-18-15(9)16(12-4-6-13(19)7-5-12)21-14(8-27-29(20,25)26)17-23-22-11(3)24(17)18;1-9-10(2)25-18-15(9)16(12-4-6-13(19)7-5-12)20-14(8-24)17-22-21-11(3)23(17)18;1-5(2,3)4/h6-9,16H,10H2,1-5H3;4-7,14H,8H2,1-3H3,(H2,20,25,26);4-7,14,24H,8H2,1-3H3;(H2,2,3,4)/t16-;2*14-;/m000./s1. The number of hydrogen-bond donors (Lipinski definition) is 3. The summed E-state index contributed by atoms with van der Waals surface area (Å²) in [7, 11) is -4.58. The summed E-state index contributed by atoms with van der Waals surface area (Å²) in [5, 5.41) is 49.4. The van der Waals surface area contributed by atoms with Crippen LogP contribution < -0.4 is 10.3 Å². The van der Waals surface area contributed by atoms with Crippen molar-refractivity contribution in [3.8, 4) is 15.0 Å². The second-order valence-electron chi connectivity index (χ2n) is 20.7. The van der Waals surface area contributed by atoms with E-state index in [9.17, 15) is 30.4 Å². The number of nitrogens with two attached hydrogens (primary N) is 2. The third kappa shape index (κ3) is 14.7. The maximum Gasteiger partial charge on any atom is 0.337 e. The minimum atomic E-state index is -4.13. The Kier molecular flexibility index (Phi) is 20.7. The summed E-state index contributed by atoms with van der Waals surface area (Å²) < 4.78 is 82.6. The van der Waals surface area contributed by atoms with E-state index >= 15 is 0 Å². The van der Waals surface area contributed by atoms with E-state index in [4.69, 9.17) is 63.3 Å². The van der Waals surface area contributed by atoms with Gasteiger partial charge in [-0.2, -0.15) is 29.6 Å². The molecule has 34 heteroatoms. The van der Waals surface area contributed by atoms with Crippen LogP contribution in [0.15, 0.2) is 87.8 Å². The number of hydrogen-bond acceptors (Lipinski definition) is 21. The molecule has 24 nitrogen and oxygen atoms in total. The molecule has 5 N–H and O–H groups in total. The predicted molar refractivity (Wildman–Crippen MR) is 354 cm³/mol. The van der Waals surface area contributed by atoms with Gasteiger partial charge in [0.1, 0.15) is 50.6 Å². The minimum absolute atomic E-state index is 0.123. The van der Waals surface area contributed by atoms with Gasteiger partial charge in [-0.25, -0.2) is 10.3 Å². The van der Waals surface area contributed by atoms with Crippen molar-refractivity contribution in [3.63, 3.8) is 0 Å². The van der Waals surface area contributed by atoms with E-state index in [0.29, 0.717) is 49.9 Å². The SMILES string of the molecule is Cc1sc2c(c1C)C(c1ccc(Cl)cc1)=N[C@@H](CO)c1nnc(C)n1-2.Cc1sc2c(c1C)C(c1ccc(Cl)cc1)=N[C@@H](COS(=O)(=O)N(C)C)c1nnc(C)n1-2.Cc1sc2c(c1C)C(c1ccc(Cl)cc1)=N[C@@H](COS(N)(=O)=O)c1nnc(C)n1-2.NS(=O)(=O)Cl. The summed E-state index contributed by atoms with van der Waals surface area (Å²) >= 11 is 23.2. The average Bonchev–Trinajstić information content (AvgIpc) is 1.65. The zero-order valence-corrected chi connectivity index (χ0v) is 57.8. The van der Waals surface area contributed by atoms with Crippen molar-refractivity contribution < 1.29 is 38.7 Å². The smallest absolute Gasteiger partial charge is 0.337 e. The van der Waals surface area contributed by atoms with E-state index in [2.05, 4.69) is 81.0 Å². The number of rotatable bonds is 11. The molecule has 3 atom stereocenters. The first-order chi connectivity index (χ1) is 42.3. The third-order valence-electron chi connectivity index (χ3n) is 14.5. The summed E-state index contributed by atoms with van der Waals surface area (Å²) in [6, 6.07) is 20.6. The summed E-state index contributed by atoms with van der Waals surface area (Å²) in [5.74, 6) is 3.88. The van der Waals surface area contributed by atoms with E-state index in [-0.39, 0.29) is 19.8 Å². The Labute approximate surface area is 551 Å². The summed E-state index contributed by atoms with van der Waals surface area (Å²) in [5.41, 5.74) is 11.4. The molecule has 9 aromatic rings. The van der Waals surface area contributed by atoms with Gasteiger partial charge in [0.15, 0.2) is 17.5 Å². The van der Waals surface area contributed by atoms with Crippen LogP contribution in [0.5, 0.6) is 0 Å². The van der Waals surface area contributed by atoms with Crippen molar-refractivity contribution in [3.05, 3.63) is 188 Å². The molecule has 12 rings (SSSR count). The van der Waals surface area contributed by atoms with Crippen LogP contribution in [0.2, 0.25) is 15.1 Å². The lowest BCUT2D eigenvalue weighted by Gasteiger charge is -2.15. The molecule has 3 aliphatic rings. The number of aliphatic imine (C=N–C) groups is 3. The highest BCUT2D eigenvalue weighted by molar-refractivity contribution is 8.11. The lowest BCUT2D eigenvalue weighted by Crippen LogP contribution is -2.26. The summed E-state index contributed by atoms with van der Waals surface area (Å²) in [4.78, 5) is 18.2. The maximum absolute atomic E-state index is 12.2. The van der Waals surface area contributed by atoms with Crippen LogP contribution in [-0.2, 0) is 38.2 Å². The van der Waals surface area contributed by atoms with Crippen molar-refractivity contribution in [2.24, 2.45) is 25.3 Å². The molecule has 0 radical (unpaired) electrons. The Hall–Kier alpha value is -6.04. The molecule has 6 aromatic heterocycles. The van der Waals surface area contributed by atoms with Crippen LogP contribution in [0.1, 0.15) is 118 Å². The highest BCUT2D eigenvalue weighted by Crippen LogP contribution is 2.42. The van der Waals surface area contributed by atoms with Gasteiger partial charge in [-0.15, -0.1) is 64.6 Å². The van der Waals surface area contributed by atoms with Crippen LogP contribution in [-0.4, -0.2) is 130 Å². The number of benzene rings is 3. The molecule has 0 unspecified atom stereocenters. The van der Waals surface area contributed by atoms with Crippen LogP contribution in [0, 0.1) is 62.3 Å². The fourth-order valence-corrected chi connectivity index (χ4v) is 14.6. The second-order valence-corrected chi connectivity index (χ2v) is 30.9. The Morgan fingerprint density at radius 2 is 0.767 bits per heavy atom. The second kappa shape index (κ2) is 27.3. The molecule has 0 bridgehead atoms. The number of aliphatic hydroxyl groups is 1. The quantitative estimate of drug-likeness (QED) is 0.101. The number of thiophene rings is 3. The average molecular weight is 1420 g/mol. The molecule has 476 valence electrons. The normalized spacial score (nSPS) is 15.9. The zero-order chi connectivity index (χ0) is 65.6. The molecule has 3 aliphatic heterocycles. The van der Waals surface area contributed by atoms with E-state index in [1.165, 1.54) is 24.5 Å². The topological polar surface area (TPSA) is 326 Å². The van der Waals surface area contributed by atoms with Crippen LogP contribution in [0.25, 0.3) is 15.0 Å². The van der Waals surface area contributed by atoms with E-state index in [0.717, 1.165) is 90.8 Å². The molecule has 0 amide bonds. The molecule has 0 aliphatic carbocycles. The fraction of sp³-hybridized carbons (Fsp3) is 0.304. The first-order valence-electron chi connectivity index (χ1n) is 26.9. The van der Waals surface area contributed by atoms with Gasteiger partial charge in [0.25, 0.3) is 9.24 Å². The predicted octanol–water partition coefficient (Wildman–Crippen LogP) is 9.86. The van der Waals surface area contributed by atoms with Gasteiger partial charge in [0, 0.05) is 87.9 Å². The number of aromatic nitrogens is 9. The Morgan fingerprint density at radius 3 is 1.04 bits per heavy atom. The fourth-order valence-electron chi connectivity index (χ4n) is 9.75. The molecule has 3 aromatic carbocycles. The maximum atomic E-state index is 12.2. The Bertz CT molecular complexity index is 4640. The van der Waals surface area contributed by atoms with Crippen LogP contribution in [0.4, 0.5) is 0 Å². The minimum Gasteiger partial charge on any atom is -0.394 e. The van der Waals surface area contributed by atoms with Gasteiger partial charge in [-0.05, 0) is 115 Å². The van der Waals surface area contributed by atoms with Gasteiger partial charge in [0.2, 0.25) is 0 Å². The van der Waals surface area contributed by atoms with E-state index < -0.39 is 48.0 Å². The van der Waals surface area contributed by atoms with Gasteiger partial charge in [-0.1, -0.05) is 71.2 Å². The Balaban J connectivity index is 0.000000155. The van der Waals surface area contributed by atoms with Crippen LogP contribution >= 0.6 is 79.5 Å². The molecule has 90 heavy (non-hydrogen) atoms. The number of nitrogens with zero attached hydrogens (tertiary/aromatic N) is 13. The van der Waals surface area contributed by atoms with Crippen molar-refractivity contribution >= 4 is 126 Å². The third-order valence-corrected chi connectivity index (χ3v) is 20.6. The zero-order valence-electron chi connectivity index (χ0n) is 49.9. The molecular formula is C56H59Cl4N15O9S6. The Morgan fingerprint density at radius 1 is 0.489 bits per heavy atom. The van der Waals surface area contributed by atoms with Gasteiger partial charge >= 0.3 is 20.6 Å². The highest BCUT2D eigenvalue weighted by Gasteiger charge is 2.36. The number of halogens is 4. The molecule has 0 saturated carbocycles. The van der Waals surface area contributed by atoms with Crippen molar-refractivity contribution in [2.75, 3.05) is 33.9 Å². The van der Waals surface area contributed by atoms with Gasteiger partial charge in [0.05, 0.1) is 37.0 Å². The molecule has 0 fully saturated rings. The molecular weight excluding hydrogens is 1360 g/mol. The first-order valence-corrected chi connectivity index (χ1v) is 35.7. The summed E-state index contributed by atoms with van der Waals surface area (Å²) in [6.45, 7) is 17.5. The van der Waals surface area contributed by atoms with Gasteiger partial charge < -0.3 is 5.11 Å². The van der Waals surface area contributed by atoms with Crippen LogP contribution in [0.3, 0.4) is 0 Å². The van der Waals surface area contributed by atoms with Crippen molar-refractivity contribution in [2.45, 2.75) is 80.4 Å².